The largest absolute Gasteiger partial charge is 0.488 e. The third-order valence-electron chi connectivity index (χ3n) is 2.61. The normalized spacial score (nSPS) is 10.3. The molecule has 0 fully saturated rings. The summed E-state index contributed by atoms with van der Waals surface area (Å²) in [4.78, 5) is 11.4. The lowest BCUT2D eigenvalue weighted by molar-refractivity contribution is 0.100. The van der Waals surface area contributed by atoms with Crippen LogP contribution < -0.4 is 4.74 Å². The van der Waals surface area contributed by atoms with E-state index >= 15 is 0 Å². The zero-order chi connectivity index (χ0) is 13.8. The van der Waals surface area contributed by atoms with Crippen LogP contribution in [0.15, 0.2) is 42.5 Å². The van der Waals surface area contributed by atoms with Gasteiger partial charge in [-0.05, 0) is 24.6 Å². The molecule has 2 aromatic carbocycles. The Labute approximate surface area is 115 Å². The van der Waals surface area contributed by atoms with Gasteiger partial charge in [-0.2, -0.15) is 0 Å². The number of carbonyl (C=O) groups excluding carboxylic acids is 1. The molecule has 0 saturated heterocycles. The molecule has 0 aliphatic carbocycles. The van der Waals surface area contributed by atoms with Crippen LogP contribution in [0.1, 0.15) is 22.8 Å². The third kappa shape index (κ3) is 3.32. The monoisotopic (exact) mass is 278 g/mol. The molecule has 2 aromatic rings. The summed E-state index contributed by atoms with van der Waals surface area (Å²) < 4.78 is 19.2. The summed E-state index contributed by atoms with van der Waals surface area (Å²) in [6, 6.07) is 12.0. The number of benzene rings is 2. The van der Waals surface area contributed by atoms with E-state index in [1.807, 2.05) is 30.3 Å². The smallest absolute Gasteiger partial charge is 0.166 e. The Morgan fingerprint density at radius 3 is 2.58 bits per heavy atom. The second-order valence-corrected chi connectivity index (χ2v) is 4.53. The molecule has 0 N–H and O–H groups in total. The van der Waals surface area contributed by atoms with E-state index in [2.05, 4.69) is 0 Å². The van der Waals surface area contributed by atoms with Gasteiger partial charge in [0, 0.05) is 5.02 Å². The third-order valence-corrected chi connectivity index (χ3v) is 2.83. The fraction of sp³-hybridized carbons (Fsp3) is 0.133. The second-order valence-electron chi connectivity index (χ2n) is 4.09. The minimum absolute atomic E-state index is 0.0691. The van der Waals surface area contributed by atoms with Crippen LogP contribution in [0.3, 0.4) is 0 Å². The molecule has 0 heterocycles. The van der Waals surface area contributed by atoms with E-state index in [1.54, 1.807) is 0 Å². The molecule has 4 heteroatoms. The van der Waals surface area contributed by atoms with E-state index in [0.29, 0.717) is 0 Å². The fourth-order valence-electron chi connectivity index (χ4n) is 1.74. The number of halogens is 2. The van der Waals surface area contributed by atoms with Crippen LogP contribution in [0.25, 0.3) is 0 Å². The number of rotatable bonds is 4. The number of hydrogen-bond donors (Lipinski definition) is 0. The molecule has 2 rings (SSSR count). The van der Waals surface area contributed by atoms with Crippen molar-refractivity contribution < 1.29 is 13.9 Å². The maximum Gasteiger partial charge on any atom is 0.166 e. The number of ketones is 1. The van der Waals surface area contributed by atoms with Gasteiger partial charge in [0.25, 0.3) is 0 Å². The SMILES string of the molecule is CC(=O)c1c(F)cc(Cl)cc1OCc1ccccc1. The lowest BCUT2D eigenvalue weighted by Crippen LogP contribution is -2.04. The Morgan fingerprint density at radius 1 is 1.26 bits per heavy atom. The summed E-state index contributed by atoms with van der Waals surface area (Å²) in [5.41, 5.74) is 0.859. The fourth-order valence-corrected chi connectivity index (χ4v) is 1.94. The minimum Gasteiger partial charge on any atom is -0.488 e. The van der Waals surface area contributed by atoms with E-state index in [1.165, 1.54) is 13.0 Å². The molecule has 0 atom stereocenters. The van der Waals surface area contributed by atoms with Crippen LogP contribution in [0.2, 0.25) is 5.02 Å². The van der Waals surface area contributed by atoms with E-state index in [0.717, 1.165) is 11.6 Å². The summed E-state index contributed by atoms with van der Waals surface area (Å²) in [7, 11) is 0. The van der Waals surface area contributed by atoms with Crippen LogP contribution >= 0.6 is 11.6 Å². The summed E-state index contributed by atoms with van der Waals surface area (Å²) in [6.45, 7) is 1.54. The van der Waals surface area contributed by atoms with Gasteiger partial charge >= 0.3 is 0 Å². The molecule has 0 saturated carbocycles. The molecule has 0 unspecified atom stereocenters. The highest BCUT2D eigenvalue weighted by Crippen LogP contribution is 2.27. The Hall–Kier alpha value is -1.87. The highest BCUT2D eigenvalue weighted by atomic mass is 35.5. The molecule has 0 aliphatic heterocycles. The van der Waals surface area contributed by atoms with E-state index in [4.69, 9.17) is 16.3 Å². The van der Waals surface area contributed by atoms with Crippen LogP contribution in [-0.4, -0.2) is 5.78 Å². The van der Waals surface area contributed by atoms with Crippen molar-refractivity contribution in [3.05, 3.63) is 64.4 Å². The summed E-state index contributed by atoms with van der Waals surface area (Å²) in [5.74, 6) is -0.887. The zero-order valence-corrected chi connectivity index (χ0v) is 11.1. The quantitative estimate of drug-likeness (QED) is 0.781. The van der Waals surface area contributed by atoms with Crippen molar-refractivity contribution >= 4 is 17.4 Å². The number of ether oxygens (including phenoxy) is 1. The Balaban J connectivity index is 2.27. The van der Waals surface area contributed by atoms with Gasteiger partial charge < -0.3 is 4.74 Å². The Morgan fingerprint density at radius 2 is 1.95 bits per heavy atom. The summed E-state index contributed by atoms with van der Waals surface area (Å²) in [5, 5.41) is 0.200. The topological polar surface area (TPSA) is 26.3 Å². The Bertz CT molecular complexity index is 597. The highest BCUT2D eigenvalue weighted by molar-refractivity contribution is 6.30. The predicted molar refractivity (Wildman–Crippen MR) is 72.2 cm³/mol. The Kier molecular flexibility index (Phi) is 4.17. The number of Topliss-reactive ketones (excluding diaryl/α,β-unsaturated/α-hetero) is 1. The molecule has 0 aromatic heterocycles. The molecule has 0 radical (unpaired) electrons. The van der Waals surface area contributed by atoms with Crippen LogP contribution in [-0.2, 0) is 6.61 Å². The summed E-state index contributed by atoms with van der Waals surface area (Å²) >= 11 is 5.78. The lowest BCUT2D eigenvalue weighted by atomic mass is 10.1. The molecule has 0 aliphatic rings. The van der Waals surface area contributed by atoms with Gasteiger partial charge in [0.2, 0.25) is 0 Å². The van der Waals surface area contributed by atoms with Gasteiger partial charge in [0.05, 0.1) is 5.56 Å². The molecule has 0 spiro atoms. The summed E-state index contributed by atoms with van der Waals surface area (Å²) in [6.07, 6.45) is 0. The van der Waals surface area contributed by atoms with Gasteiger partial charge in [-0.25, -0.2) is 4.39 Å². The average molecular weight is 279 g/mol. The van der Waals surface area contributed by atoms with E-state index in [9.17, 15) is 9.18 Å². The van der Waals surface area contributed by atoms with Crippen molar-refractivity contribution in [3.63, 3.8) is 0 Å². The molecular weight excluding hydrogens is 267 g/mol. The molecule has 0 bridgehead atoms. The first-order chi connectivity index (χ1) is 9.08. The molecular formula is C15H12ClFO2. The second kappa shape index (κ2) is 5.85. The minimum atomic E-state index is -0.664. The standard InChI is InChI=1S/C15H12ClFO2/c1-10(18)15-13(17)7-12(16)8-14(15)19-9-11-5-3-2-4-6-11/h2-8H,9H2,1H3. The van der Waals surface area contributed by atoms with Gasteiger partial charge in [-0.15, -0.1) is 0 Å². The predicted octanol–water partition coefficient (Wildman–Crippen LogP) is 4.26. The van der Waals surface area contributed by atoms with E-state index < -0.39 is 11.6 Å². The van der Waals surface area contributed by atoms with Gasteiger partial charge in [0.15, 0.2) is 5.78 Å². The van der Waals surface area contributed by atoms with Crippen molar-refractivity contribution in [2.24, 2.45) is 0 Å². The van der Waals surface area contributed by atoms with Gasteiger partial charge in [0.1, 0.15) is 18.2 Å². The first kappa shape index (κ1) is 13.6. The average Bonchev–Trinajstić information content (AvgIpc) is 2.36. The van der Waals surface area contributed by atoms with Gasteiger partial charge in [-0.3, -0.25) is 4.79 Å². The molecule has 0 amide bonds. The van der Waals surface area contributed by atoms with Crippen LogP contribution in [0, 0.1) is 5.82 Å². The first-order valence-electron chi connectivity index (χ1n) is 5.74. The molecule has 19 heavy (non-hydrogen) atoms. The van der Waals surface area contributed by atoms with E-state index in [-0.39, 0.29) is 22.9 Å². The molecule has 2 nitrogen and oxygen atoms in total. The van der Waals surface area contributed by atoms with Gasteiger partial charge in [-0.1, -0.05) is 41.9 Å². The highest BCUT2D eigenvalue weighted by Gasteiger charge is 2.16. The van der Waals surface area contributed by atoms with Crippen molar-refractivity contribution in [2.75, 3.05) is 0 Å². The lowest BCUT2D eigenvalue weighted by Gasteiger charge is -2.11. The van der Waals surface area contributed by atoms with Crippen molar-refractivity contribution in [3.8, 4) is 5.75 Å². The maximum absolute atomic E-state index is 13.7. The maximum atomic E-state index is 13.7. The number of carbonyl (C=O) groups is 1. The first-order valence-corrected chi connectivity index (χ1v) is 6.12. The van der Waals surface area contributed by atoms with Crippen molar-refractivity contribution in [2.45, 2.75) is 13.5 Å². The number of hydrogen-bond acceptors (Lipinski definition) is 2. The molecule has 98 valence electrons. The van der Waals surface area contributed by atoms with Crippen molar-refractivity contribution in [1.29, 1.82) is 0 Å². The van der Waals surface area contributed by atoms with Crippen LogP contribution in [0.4, 0.5) is 4.39 Å². The van der Waals surface area contributed by atoms with Crippen LogP contribution in [0.5, 0.6) is 5.75 Å². The van der Waals surface area contributed by atoms with Crippen molar-refractivity contribution in [1.82, 2.24) is 0 Å². The zero-order valence-electron chi connectivity index (χ0n) is 10.3.